The van der Waals surface area contributed by atoms with E-state index in [0.29, 0.717) is 19.4 Å². The number of fused-ring (bicyclic) bond motifs is 3. The molecule has 9 heteroatoms. The van der Waals surface area contributed by atoms with Crippen LogP contribution < -0.4 is 5.73 Å². The molecule has 3 aliphatic carbocycles. The largest absolute Gasteiger partial charge is 0.510 e. The third-order valence-corrected chi connectivity index (χ3v) is 7.25. The number of aliphatic hydroxyl groups is 2. The van der Waals surface area contributed by atoms with E-state index in [0.717, 1.165) is 11.1 Å². The lowest BCUT2D eigenvalue weighted by Gasteiger charge is -2.46. The van der Waals surface area contributed by atoms with Crippen molar-refractivity contribution in [2.45, 2.75) is 18.9 Å². The average Bonchev–Trinajstić information content (AvgIpc) is 2.74. The zero-order chi connectivity index (χ0) is 25.8. The Morgan fingerprint density at radius 1 is 1.11 bits per heavy atom. The maximum Gasteiger partial charge on any atom is 0.255 e. The summed E-state index contributed by atoms with van der Waals surface area (Å²) in [6.45, 7) is 0.703. The lowest BCUT2D eigenvalue weighted by molar-refractivity contribution is -0.136. The first-order valence-corrected chi connectivity index (χ1v) is 11.5. The Labute approximate surface area is 203 Å². The third-order valence-electron chi connectivity index (χ3n) is 7.25. The minimum atomic E-state index is -1.25. The Hall–Kier alpha value is -3.43. The molecule has 1 amide bonds. The molecule has 1 aromatic carbocycles. The highest BCUT2D eigenvalue weighted by atomic mass is 16.3. The first-order valence-electron chi connectivity index (χ1n) is 11.5. The van der Waals surface area contributed by atoms with E-state index in [1.165, 1.54) is 6.07 Å². The first kappa shape index (κ1) is 24.7. The molecular formula is C26H31N3O6. The number of nitrogens with two attached hydrogens (primary N) is 1. The number of phenolic OH excluding ortho intramolecular Hbond substituents is 1. The van der Waals surface area contributed by atoms with Crippen molar-refractivity contribution >= 4 is 29.3 Å². The maximum absolute atomic E-state index is 13.7. The number of primary amides is 1. The molecule has 0 spiro atoms. The van der Waals surface area contributed by atoms with Gasteiger partial charge in [-0.1, -0.05) is 18.2 Å². The van der Waals surface area contributed by atoms with Crippen LogP contribution in [0.3, 0.4) is 0 Å². The van der Waals surface area contributed by atoms with Crippen molar-refractivity contribution in [2.24, 2.45) is 23.5 Å². The molecule has 3 unspecified atom stereocenters. The second-order valence-electron chi connectivity index (χ2n) is 9.99. The van der Waals surface area contributed by atoms with Crippen molar-refractivity contribution in [1.29, 1.82) is 0 Å². The zero-order valence-electron chi connectivity index (χ0n) is 20.3. The number of ketones is 2. The molecule has 0 heterocycles. The number of allylic oxidation sites excluding steroid dienone is 1. The minimum absolute atomic E-state index is 0.0829. The van der Waals surface area contributed by atoms with Crippen LogP contribution in [0.25, 0.3) is 11.8 Å². The van der Waals surface area contributed by atoms with Gasteiger partial charge in [0.1, 0.15) is 22.8 Å². The number of Topliss-reactive ketones (excluding diaryl/α,β-unsaturated/α-hetero) is 2. The molecule has 9 nitrogen and oxygen atoms in total. The summed E-state index contributed by atoms with van der Waals surface area (Å²) < 4.78 is 0. The van der Waals surface area contributed by atoms with Gasteiger partial charge in [0.25, 0.3) is 5.91 Å². The van der Waals surface area contributed by atoms with E-state index in [4.69, 9.17) is 5.73 Å². The van der Waals surface area contributed by atoms with Gasteiger partial charge in [-0.15, -0.1) is 0 Å². The lowest BCUT2D eigenvalue weighted by Crippen LogP contribution is -2.55. The van der Waals surface area contributed by atoms with Gasteiger partial charge < -0.3 is 26.0 Å². The van der Waals surface area contributed by atoms with Gasteiger partial charge in [0, 0.05) is 12.1 Å². The molecule has 0 aromatic heterocycles. The highest BCUT2D eigenvalue weighted by molar-refractivity contribution is 6.28. The van der Waals surface area contributed by atoms with E-state index in [9.17, 15) is 29.7 Å². The van der Waals surface area contributed by atoms with E-state index in [1.54, 1.807) is 25.1 Å². The lowest BCUT2D eigenvalue weighted by atomic mass is 9.59. The highest BCUT2D eigenvalue weighted by Gasteiger charge is 2.55. The van der Waals surface area contributed by atoms with Crippen LogP contribution in [-0.4, -0.2) is 83.4 Å². The number of amides is 1. The summed E-state index contributed by atoms with van der Waals surface area (Å²) in [5.41, 5.74) is 6.63. The maximum atomic E-state index is 13.7. The number of carbonyl (C=O) groups is 3. The highest BCUT2D eigenvalue weighted by Crippen LogP contribution is 2.50. The van der Waals surface area contributed by atoms with Crippen LogP contribution in [0, 0.1) is 17.8 Å². The Kier molecular flexibility index (Phi) is 6.33. The average molecular weight is 482 g/mol. The number of aromatic hydroxyl groups is 1. The van der Waals surface area contributed by atoms with Gasteiger partial charge >= 0.3 is 0 Å². The van der Waals surface area contributed by atoms with E-state index in [1.807, 2.05) is 31.1 Å². The van der Waals surface area contributed by atoms with Gasteiger partial charge in [0.15, 0.2) is 11.6 Å². The van der Waals surface area contributed by atoms with Crippen molar-refractivity contribution in [3.05, 3.63) is 51.8 Å². The molecule has 5 N–H and O–H groups in total. The fourth-order valence-corrected chi connectivity index (χ4v) is 5.84. The molecule has 4 rings (SSSR count). The number of hydrogen-bond donors (Lipinski definition) is 4. The molecule has 3 aliphatic rings. The summed E-state index contributed by atoms with van der Waals surface area (Å²) in [7, 11) is 7.28. The second kappa shape index (κ2) is 8.98. The molecule has 0 radical (unpaired) electrons. The van der Waals surface area contributed by atoms with Crippen LogP contribution in [0.5, 0.6) is 5.75 Å². The third kappa shape index (κ3) is 3.94. The molecule has 0 aliphatic heterocycles. The number of aliphatic hydroxyl groups excluding tert-OH is 2. The monoisotopic (exact) mass is 481 g/mol. The Bertz CT molecular complexity index is 1210. The molecule has 0 bridgehead atoms. The number of carbonyl (C=O) groups excluding carboxylic acids is 3. The van der Waals surface area contributed by atoms with Gasteiger partial charge in [-0.2, -0.15) is 0 Å². The summed E-state index contributed by atoms with van der Waals surface area (Å²) in [5, 5.41) is 32.6. The number of rotatable bonds is 5. The number of hydrogen-bond acceptors (Lipinski definition) is 8. The fraction of sp³-hybridized carbons (Fsp3) is 0.423. The van der Waals surface area contributed by atoms with Crippen molar-refractivity contribution in [2.75, 3.05) is 34.7 Å². The minimum Gasteiger partial charge on any atom is -0.510 e. The van der Waals surface area contributed by atoms with Crippen LogP contribution in [0.15, 0.2) is 35.1 Å². The Balaban J connectivity index is 1.85. The van der Waals surface area contributed by atoms with E-state index < -0.39 is 52.6 Å². The molecule has 1 aromatic rings. The van der Waals surface area contributed by atoms with Gasteiger partial charge in [0.2, 0.25) is 0 Å². The summed E-state index contributed by atoms with van der Waals surface area (Å²) in [5.74, 6) is -5.68. The van der Waals surface area contributed by atoms with Crippen LogP contribution in [0.2, 0.25) is 0 Å². The topological polar surface area (TPSA) is 144 Å². The van der Waals surface area contributed by atoms with Crippen molar-refractivity contribution in [3.63, 3.8) is 0 Å². The zero-order valence-corrected chi connectivity index (χ0v) is 20.3. The molecule has 1 fully saturated rings. The van der Waals surface area contributed by atoms with Gasteiger partial charge in [-0.05, 0) is 70.1 Å². The number of benzene rings is 1. The van der Waals surface area contributed by atoms with Crippen molar-refractivity contribution in [3.8, 4) is 5.75 Å². The van der Waals surface area contributed by atoms with E-state index in [2.05, 4.69) is 0 Å². The van der Waals surface area contributed by atoms with E-state index in [-0.39, 0.29) is 22.6 Å². The number of nitrogens with zero attached hydrogens (tertiary/aromatic N) is 2. The quantitative estimate of drug-likeness (QED) is 0.365. The number of likely N-dealkylation sites (N-methyl/N-ethyl adjacent to an activating group) is 2. The van der Waals surface area contributed by atoms with Gasteiger partial charge in [-0.25, -0.2) is 0 Å². The predicted octanol–water partition coefficient (Wildman–Crippen LogP) is 1.42. The predicted molar refractivity (Wildman–Crippen MR) is 130 cm³/mol. The number of phenols is 1. The summed E-state index contributed by atoms with van der Waals surface area (Å²) >= 11 is 0. The van der Waals surface area contributed by atoms with Gasteiger partial charge in [-0.3, -0.25) is 19.3 Å². The fourth-order valence-electron chi connectivity index (χ4n) is 5.84. The van der Waals surface area contributed by atoms with Crippen molar-refractivity contribution in [1.82, 2.24) is 9.80 Å². The molecular weight excluding hydrogens is 450 g/mol. The molecule has 4 atom stereocenters. The Morgan fingerprint density at radius 3 is 2.40 bits per heavy atom. The first-order chi connectivity index (χ1) is 16.5. The molecule has 35 heavy (non-hydrogen) atoms. The second-order valence-corrected chi connectivity index (χ2v) is 9.99. The van der Waals surface area contributed by atoms with Crippen LogP contribution >= 0.6 is 0 Å². The summed E-state index contributed by atoms with van der Waals surface area (Å²) in [6, 6.07) is 2.49. The molecule has 186 valence electrons. The van der Waals surface area contributed by atoms with Crippen LogP contribution in [-0.2, 0) is 20.8 Å². The standard InChI is InChI=1S/C26H31N3O6/c1-28(2)9-5-6-12-7-8-16(30)18-14(12)10-13-11-15-19(23(32)17(13)22(18)31)24(33)20(26(27)35)25(34)21(15)29(3)4/h5-8,13,15,19,21,30-31,34H,9-11H2,1-4H3,(H2,27,35)/b6-5+/t13?,15?,19?,21-/m1/s1. The molecule has 0 saturated heterocycles. The normalized spacial score (nSPS) is 26.5. The SMILES string of the molecule is CN(C)C/C=C/c1ccc(O)c2c1CC1CC3C(C(=O)C(C(N)=O)=C(O)[C@@H]3N(C)C)C(=O)C1=C2O. The Morgan fingerprint density at radius 2 is 1.80 bits per heavy atom. The summed E-state index contributed by atoms with van der Waals surface area (Å²) in [4.78, 5) is 42.5. The van der Waals surface area contributed by atoms with E-state index >= 15 is 0 Å². The summed E-state index contributed by atoms with van der Waals surface area (Å²) in [6.07, 6.45) is 4.60. The van der Waals surface area contributed by atoms with Crippen molar-refractivity contribution < 1.29 is 29.7 Å². The smallest absolute Gasteiger partial charge is 0.255 e. The van der Waals surface area contributed by atoms with Crippen LogP contribution in [0.4, 0.5) is 0 Å². The van der Waals surface area contributed by atoms with Crippen LogP contribution in [0.1, 0.15) is 23.1 Å². The van der Waals surface area contributed by atoms with Gasteiger partial charge in [0.05, 0.1) is 17.5 Å². The molecule has 1 saturated carbocycles.